The lowest BCUT2D eigenvalue weighted by Gasteiger charge is -2.31. The zero-order valence-electron chi connectivity index (χ0n) is 10.1. The van der Waals surface area contributed by atoms with Gasteiger partial charge in [-0.25, -0.2) is 4.39 Å². The van der Waals surface area contributed by atoms with E-state index in [4.69, 9.17) is 0 Å². The van der Waals surface area contributed by atoms with E-state index in [1.165, 1.54) is 32.1 Å². The summed E-state index contributed by atoms with van der Waals surface area (Å²) in [6.45, 7) is 2.38. The van der Waals surface area contributed by atoms with Gasteiger partial charge in [-0.1, -0.05) is 32.6 Å². The molecular formula is C14H25F. The van der Waals surface area contributed by atoms with Gasteiger partial charge in [-0.05, 0) is 49.9 Å². The van der Waals surface area contributed by atoms with Crippen LogP contribution in [0.5, 0.6) is 0 Å². The van der Waals surface area contributed by atoms with Gasteiger partial charge in [0.25, 0.3) is 0 Å². The van der Waals surface area contributed by atoms with Crippen LogP contribution in [0.2, 0.25) is 0 Å². The molecule has 0 aliphatic heterocycles. The molecule has 2 saturated carbocycles. The Hall–Kier alpha value is -0.0700. The Morgan fingerprint density at radius 2 is 1.27 bits per heavy atom. The van der Waals surface area contributed by atoms with E-state index < -0.39 is 6.17 Å². The summed E-state index contributed by atoms with van der Waals surface area (Å²) in [5, 5.41) is 0. The first-order valence-electron chi connectivity index (χ1n) is 6.88. The summed E-state index contributed by atoms with van der Waals surface area (Å²) in [5.74, 6) is 2.79. The van der Waals surface area contributed by atoms with Crippen molar-refractivity contribution in [2.75, 3.05) is 0 Å². The second-order valence-electron chi connectivity index (χ2n) is 5.98. The van der Waals surface area contributed by atoms with E-state index in [1.807, 2.05) is 0 Å². The van der Waals surface area contributed by atoms with Crippen molar-refractivity contribution in [1.82, 2.24) is 0 Å². The highest BCUT2D eigenvalue weighted by Gasteiger charge is 2.25. The molecule has 0 atom stereocenters. The predicted molar refractivity (Wildman–Crippen MR) is 62.6 cm³/mol. The molecule has 2 aliphatic rings. The Morgan fingerprint density at radius 3 is 1.80 bits per heavy atom. The van der Waals surface area contributed by atoms with E-state index in [9.17, 15) is 4.39 Å². The molecule has 0 radical (unpaired) electrons. The molecule has 0 amide bonds. The van der Waals surface area contributed by atoms with Crippen molar-refractivity contribution in [2.24, 2.45) is 17.8 Å². The molecule has 0 aromatic rings. The normalized spacial score (nSPS) is 42.8. The third-order valence-corrected chi connectivity index (χ3v) is 4.58. The van der Waals surface area contributed by atoms with Crippen LogP contribution in [0, 0.1) is 17.8 Å². The Balaban J connectivity index is 1.68. The smallest absolute Gasteiger partial charge is 0.100 e. The van der Waals surface area contributed by atoms with Gasteiger partial charge in [0.15, 0.2) is 0 Å². The summed E-state index contributed by atoms with van der Waals surface area (Å²) in [7, 11) is 0. The largest absolute Gasteiger partial charge is 0.247 e. The van der Waals surface area contributed by atoms with Gasteiger partial charge in [0.1, 0.15) is 6.17 Å². The van der Waals surface area contributed by atoms with E-state index in [0.29, 0.717) is 0 Å². The molecule has 2 aliphatic carbocycles. The molecule has 88 valence electrons. The van der Waals surface area contributed by atoms with E-state index >= 15 is 0 Å². The molecular weight excluding hydrogens is 187 g/mol. The van der Waals surface area contributed by atoms with E-state index in [2.05, 4.69) is 6.92 Å². The van der Waals surface area contributed by atoms with Gasteiger partial charge in [-0.2, -0.15) is 0 Å². The van der Waals surface area contributed by atoms with Gasteiger partial charge in [-0.3, -0.25) is 0 Å². The number of alkyl halides is 1. The number of halogens is 1. The minimum absolute atomic E-state index is 0.479. The lowest BCUT2D eigenvalue weighted by atomic mass is 9.75. The van der Waals surface area contributed by atoms with Crippen LogP contribution in [0.25, 0.3) is 0 Å². The van der Waals surface area contributed by atoms with Crippen LogP contribution in [0.1, 0.15) is 64.7 Å². The molecule has 0 saturated heterocycles. The van der Waals surface area contributed by atoms with E-state index in [1.54, 1.807) is 0 Å². The standard InChI is InChI=1S/C14H25F/c1-11-2-4-12(5-3-11)10-13-6-8-14(15)9-7-13/h11-14H,2-10H2,1H3. The van der Waals surface area contributed by atoms with Crippen molar-refractivity contribution in [3.05, 3.63) is 0 Å². The summed E-state index contributed by atoms with van der Waals surface area (Å²) in [6, 6.07) is 0. The number of hydrogen-bond donors (Lipinski definition) is 0. The SMILES string of the molecule is CC1CCC(CC2CCC(F)CC2)CC1. The van der Waals surface area contributed by atoms with Crippen LogP contribution >= 0.6 is 0 Å². The van der Waals surface area contributed by atoms with Crippen molar-refractivity contribution < 1.29 is 4.39 Å². The molecule has 0 heterocycles. The first kappa shape index (κ1) is 11.4. The Bertz CT molecular complexity index is 154. The minimum atomic E-state index is -0.479. The van der Waals surface area contributed by atoms with Crippen molar-refractivity contribution >= 4 is 0 Å². The molecule has 1 heteroatoms. The van der Waals surface area contributed by atoms with Gasteiger partial charge in [-0.15, -0.1) is 0 Å². The van der Waals surface area contributed by atoms with Crippen molar-refractivity contribution in [3.8, 4) is 0 Å². The van der Waals surface area contributed by atoms with E-state index in [-0.39, 0.29) is 0 Å². The summed E-state index contributed by atoms with van der Waals surface area (Å²) >= 11 is 0. The third-order valence-electron chi connectivity index (χ3n) is 4.58. The Morgan fingerprint density at radius 1 is 0.800 bits per heavy atom. The van der Waals surface area contributed by atoms with Crippen molar-refractivity contribution in [1.29, 1.82) is 0 Å². The van der Waals surface area contributed by atoms with Gasteiger partial charge in [0.2, 0.25) is 0 Å². The number of hydrogen-bond acceptors (Lipinski definition) is 0. The second kappa shape index (κ2) is 5.32. The molecule has 0 aromatic heterocycles. The van der Waals surface area contributed by atoms with Crippen LogP contribution < -0.4 is 0 Å². The maximum atomic E-state index is 13.0. The highest BCUT2D eigenvalue weighted by atomic mass is 19.1. The fourth-order valence-corrected chi connectivity index (χ4v) is 3.39. The molecule has 0 N–H and O–H groups in total. The van der Waals surface area contributed by atoms with Crippen LogP contribution in [0.3, 0.4) is 0 Å². The molecule has 2 rings (SSSR count). The fraction of sp³-hybridized carbons (Fsp3) is 1.00. The fourth-order valence-electron chi connectivity index (χ4n) is 3.39. The maximum Gasteiger partial charge on any atom is 0.100 e. The van der Waals surface area contributed by atoms with Gasteiger partial charge >= 0.3 is 0 Å². The maximum absolute atomic E-state index is 13.0. The van der Waals surface area contributed by atoms with E-state index in [0.717, 1.165) is 43.4 Å². The van der Waals surface area contributed by atoms with Crippen LogP contribution in [-0.4, -0.2) is 6.17 Å². The van der Waals surface area contributed by atoms with Gasteiger partial charge in [0.05, 0.1) is 0 Å². The highest BCUT2D eigenvalue weighted by molar-refractivity contribution is 4.77. The Labute approximate surface area is 93.6 Å². The van der Waals surface area contributed by atoms with Crippen molar-refractivity contribution in [3.63, 3.8) is 0 Å². The molecule has 0 spiro atoms. The third kappa shape index (κ3) is 3.46. The second-order valence-corrected chi connectivity index (χ2v) is 5.98. The molecule has 0 bridgehead atoms. The summed E-state index contributed by atoms with van der Waals surface area (Å²) in [6.07, 6.45) is 10.7. The molecule has 0 nitrogen and oxygen atoms in total. The summed E-state index contributed by atoms with van der Waals surface area (Å²) in [5.41, 5.74) is 0. The monoisotopic (exact) mass is 212 g/mol. The highest BCUT2D eigenvalue weighted by Crippen LogP contribution is 2.37. The van der Waals surface area contributed by atoms with Crippen LogP contribution in [0.4, 0.5) is 4.39 Å². The predicted octanol–water partition coefficient (Wildman–Crippen LogP) is 4.73. The first-order chi connectivity index (χ1) is 7.24. The summed E-state index contributed by atoms with van der Waals surface area (Å²) in [4.78, 5) is 0. The average molecular weight is 212 g/mol. The lowest BCUT2D eigenvalue weighted by molar-refractivity contribution is 0.169. The van der Waals surface area contributed by atoms with Gasteiger partial charge < -0.3 is 0 Å². The van der Waals surface area contributed by atoms with Crippen LogP contribution in [-0.2, 0) is 0 Å². The molecule has 0 aromatic carbocycles. The first-order valence-corrected chi connectivity index (χ1v) is 6.88. The Kier molecular flexibility index (Phi) is 4.05. The van der Waals surface area contributed by atoms with Crippen LogP contribution in [0.15, 0.2) is 0 Å². The van der Waals surface area contributed by atoms with Gasteiger partial charge in [0, 0.05) is 0 Å². The zero-order chi connectivity index (χ0) is 10.7. The molecule has 15 heavy (non-hydrogen) atoms. The van der Waals surface area contributed by atoms with Crippen molar-refractivity contribution in [2.45, 2.75) is 70.9 Å². The topological polar surface area (TPSA) is 0 Å². The molecule has 0 unspecified atom stereocenters. The lowest BCUT2D eigenvalue weighted by Crippen LogP contribution is -2.20. The minimum Gasteiger partial charge on any atom is -0.247 e. The average Bonchev–Trinajstić information content (AvgIpc) is 2.25. The summed E-state index contributed by atoms with van der Waals surface area (Å²) < 4.78 is 13.0. The number of rotatable bonds is 2. The molecule has 2 fully saturated rings. The zero-order valence-corrected chi connectivity index (χ0v) is 10.1. The quantitative estimate of drug-likeness (QED) is 0.620.